The largest absolute Gasteiger partial charge is 0.462 e. The monoisotopic (exact) mass is 421 g/mol. The Morgan fingerprint density at radius 1 is 1.10 bits per heavy atom. The molecule has 10 heteroatoms. The van der Waals surface area contributed by atoms with E-state index in [1.807, 2.05) is 0 Å². The van der Waals surface area contributed by atoms with Crippen molar-refractivity contribution in [3.05, 3.63) is 41.5 Å². The molecule has 1 aromatic rings. The van der Waals surface area contributed by atoms with Gasteiger partial charge in [0, 0.05) is 31.2 Å². The van der Waals surface area contributed by atoms with Gasteiger partial charge in [-0.2, -0.15) is 13.2 Å². The van der Waals surface area contributed by atoms with Crippen molar-refractivity contribution in [2.45, 2.75) is 38.8 Å². The maximum Gasteiger partial charge on any atom is 0.433 e. The number of carbonyl (C=O) groups is 2. The summed E-state index contributed by atoms with van der Waals surface area (Å²) < 4.78 is 76.0. The second-order valence-corrected chi connectivity index (χ2v) is 6.03. The number of carbonyl (C=O) groups excluding carboxylic acids is 2. The van der Waals surface area contributed by atoms with Crippen LogP contribution in [0.5, 0.6) is 5.75 Å². The third-order valence-electron chi connectivity index (χ3n) is 3.58. The number of rotatable bonds is 9. The van der Waals surface area contributed by atoms with Crippen LogP contribution in [0.1, 0.15) is 38.2 Å². The molecule has 0 saturated carbocycles. The van der Waals surface area contributed by atoms with Gasteiger partial charge in [-0.15, -0.1) is 0 Å². The first-order valence-corrected chi connectivity index (χ1v) is 8.54. The van der Waals surface area contributed by atoms with Gasteiger partial charge in [-0.05, 0) is 26.2 Å². The molecular formula is C19H20F5NO4. The lowest BCUT2D eigenvalue weighted by Gasteiger charge is -2.13. The predicted octanol–water partition coefficient (Wildman–Crippen LogP) is 4.53. The Morgan fingerprint density at radius 2 is 1.69 bits per heavy atom. The normalized spacial score (nSPS) is 11.9. The molecule has 160 valence electrons. The molecule has 0 unspecified atom stereocenters. The molecule has 5 nitrogen and oxygen atoms in total. The van der Waals surface area contributed by atoms with E-state index >= 15 is 0 Å². The zero-order valence-electron chi connectivity index (χ0n) is 15.9. The van der Waals surface area contributed by atoms with Crippen LogP contribution < -0.4 is 4.74 Å². The number of nitrogens with zero attached hydrogens (tertiary/aromatic N) is 1. The number of aliphatic imine (C=N–C) groups is 1. The summed E-state index contributed by atoms with van der Waals surface area (Å²) in [7, 11) is 0.759. The van der Waals surface area contributed by atoms with Crippen LogP contribution >= 0.6 is 0 Å². The highest BCUT2D eigenvalue weighted by Gasteiger charge is 2.39. The Morgan fingerprint density at radius 3 is 2.17 bits per heavy atom. The van der Waals surface area contributed by atoms with E-state index in [0.29, 0.717) is 31.4 Å². The molecule has 0 fully saturated rings. The standard InChI is InChI=1S/C19H20F5NO4/c1-11(2)18(27)28-8-6-4-5-7-15(26)29-12-9-13(20)16(14(21)10-12)17(25-3)19(22,23)24/h9-10H,1,4-8H2,2-3H3. The van der Waals surface area contributed by atoms with Crippen molar-refractivity contribution in [1.29, 1.82) is 0 Å². The third-order valence-corrected chi connectivity index (χ3v) is 3.58. The molecule has 0 aliphatic carbocycles. The number of unbranched alkanes of at least 4 members (excludes halogenated alkanes) is 2. The minimum Gasteiger partial charge on any atom is -0.462 e. The smallest absolute Gasteiger partial charge is 0.433 e. The van der Waals surface area contributed by atoms with Gasteiger partial charge in [0.15, 0.2) is 5.71 Å². The van der Waals surface area contributed by atoms with Crippen LogP contribution in [0.4, 0.5) is 22.0 Å². The van der Waals surface area contributed by atoms with Crippen molar-refractivity contribution < 1.29 is 41.0 Å². The van der Waals surface area contributed by atoms with Gasteiger partial charge < -0.3 is 9.47 Å². The highest BCUT2D eigenvalue weighted by atomic mass is 19.4. The molecule has 0 bridgehead atoms. The van der Waals surface area contributed by atoms with Gasteiger partial charge in [-0.1, -0.05) is 6.58 Å². The first-order chi connectivity index (χ1) is 13.5. The summed E-state index contributed by atoms with van der Waals surface area (Å²) in [5.74, 6) is -4.98. The SMILES string of the molecule is C=C(C)C(=O)OCCCCCC(=O)Oc1cc(F)c(C(=NC)C(F)(F)F)c(F)c1. The van der Waals surface area contributed by atoms with E-state index < -0.39 is 46.8 Å². The Balaban J connectivity index is 2.59. The molecule has 0 aliphatic rings. The second-order valence-electron chi connectivity index (χ2n) is 6.03. The fraction of sp³-hybridized carbons (Fsp3) is 0.421. The molecule has 0 aliphatic heterocycles. The van der Waals surface area contributed by atoms with Gasteiger partial charge in [0.1, 0.15) is 17.4 Å². The average molecular weight is 421 g/mol. The molecule has 0 amide bonds. The number of halogens is 5. The lowest BCUT2D eigenvalue weighted by molar-refractivity contribution is -0.139. The van der Waals surface area contributed by atoms with Crippen LogP contribution in [-0.2, 0) is 14.3 Å². The fourth-order valence-electron chi connectivity index (χ4n) is 2.23. The van der Waals surface area contributed by atoms with Crippen molar-refractivity contribution in [3.8, 4) is 5.75 Å². The van der Waals surface area contributed by atoms with E-state index in [4.69, 9.17) is 9.47 Å². The van der Waals surface area contributed by atoms with E-state index in [9.17, 15) is 31.5 Å². The summed E-state index contributed by atoms with van der Waals surface area (Å²) in [4.78, 5) is 25.8. The predicted molar refractivity (Wildman–Crippen MR) is 94.8 cm³/mol. The molecule has 1 rings (SSSR count). The minimum absolute atomic E-state index is 0.0936. The Labute approximate surface area is 164 Å². The molecular weight excluding hydrogens is 401 g/mol. The van der Waals surface area contributed by atoms with E-state index in [2.05, 4.69) is 11.6 Å². The van der Waals surface area contributed by atoms with E-state index in [1.54, 1.807) is 0 Å². The lowest BCUT2D eigenvalue weighted by Crippen LogP contribution is -2.26. The molecule has 0 spiro atoms. The summed E-state index contributed by atoms with van der Waals surface area (Å²) in [6.07, 6.45) is -3.78. The molecule has 0 N–H and O–H groups in total. The summed E-state index contributed by atoms with van der Waals surface area (Å²) in [5, 5.41) is 0. The van der Waals surface area contributed by atoms with Crippen molar-refractivity contribution in [3.63, 3.8) is 0 Å². The van der Waals surface area contributed by atoms with Crippen LogP contribution in [0.25, 0.3) is 0 Å². The maximum atomic E-state index is 14.0. The number of esters is 2. The number of ether oxygens (including phenoxy) is 2. The first-order valence-electron chi connectivity index (χ1n) is 8.54. The number of hydrogen-bond donors (Lipinski definition) is 0. The van der Waals surface area contributed by atoms with Crippen LogP contribution in [-0.4, -0.2) is 37.5 Å². The van der Waals surface area contributed by atoms with Crippen LogP contribution in [0.3, 0.4) is 0 Å². The maximum absolute atomic E-state index is 14.0. The van der Waals surface area contributed by atoms with Gasteiger partial charge in [0.2, 0.25) is 0 Å². The average Bonchev–Trinajstić information content (AvgIpc) is 2.59. The second kappa shape index (κ2) is 10.7. The molecule has 29 heavy (non-hydrogen) atoms. The molecule has 1 aromatic carbocycles. The zero-order chi connectivity index (χ0) is 22.2. The van der Waals surface area contributed by atoms with Crippen molar-refractivity contribution in [2.24, 2.45) is 4.99 Å². The molecule has 0 aromatic heterocycles. The van der Waals surface area contributed by atoms with Crippen LogP contribution in [0.2, 0.25) is 0 Å². The van der Waals surface area contributed by atoms with Gasteiger partial charge in [0.25, 0.3) is 0 Å². The minimum atomic E-state index is -5.05. The summed E-state index contributed by atoms with van der Waals surface area (Å²) in [6, 6.07) is 0.981. The van der Waals surface area contributed by atoms with Crippen LogP contribution in [0.15, 0.2) is 29.3 Å². The van der Waals surface area contributed by atoms with Gasteiger partial charge in [-0.3, -0.25) is 9.79 Å². The number of benzene rings is 1. The Bertz CT molecular complexity index is 779. The van der Waals surface area contributed by atoms with E-state index in [0.717, 1.165) is 7.05 Å². The Hall–Kier alpha value is -2.78. The lowest BCUT2D eigenvalue weighted by atomic mass is 10.1. The summed E-state index contributed by atoms with van der Waals surface area (Å²) in [6.45, 7) is 5.09. The Kier molecular flexibility index (Phi) is 8.93. The molecule has 0 radical (unpaired) electrons. The van der Waals surface area contributed by atoms with E-state index in [-0.39, 0.29) is 18.6 Å². The highest BCUT2D eigenvalue weighted by molar-refractivity contribution is 6.05. The van der Waals surface area contributed by atoms with Crippen LogP contribution in [0, 0.1) is 11.6 Å². The van der Waals surface area contributed by atoms with Crippen molar-refractivity contribution in [2.75, 3.05) is 13.7 Å². The molecule has 0 saturated heterocycles. The number of alkyl halides is 3. The number of hydrogen-bond acceptors (Lipinski definition) is 5. The molecule has 0 atom stereocenters. The molecule has 0 heterocycles. The quantitative estimate of drug-likeness (QED) is 0.147. The van der Waals surface area contributed by atoms with Crippen molar-refractivity contribution in [1.82, 2.24) is 0 Å². The summed E-state index contributed by atoms with van der Waals surface area (Å²) in [5.41, 5.74) is -2.78. The van der Waals surface area contributed by atoms with Gasteiger partial charge in [0.05, 0.1) is 12.2 Å². The van der Waals surface area contributed by atoms with Gasteiger partial charge in [-0.25, -0.2) is 13.6 Å². The topological polar surface area (TPSA) is 65.0 Å². The van der Waals surface area contributed by atoms with Crippen molar-refractivity contribution >= 4 is 17.7 Å². The summed E-state index contributed by atoms with van der Waals surface area (Å²) >= 11 is 0. The van der Waals surface area contributed by atoms with Gasteiger partial charge >= 0.3 is 18.1 Å². The highest BCUT2D eigenvalue weighted by Crippen LogP contribution is 2.29. The third kappa shape index (κ3) is 7.63. The zero-order valence-corrected chi connectivity index (χ0v) is 15.9. The first kappa shape index (κ1) is 24.3. The fourth-order valence-corrected chi connectivity index (χ4v) is 2.23. The van der Waals surface area contributed by atoms with E-state index in [1.165, 1.54) is 6.92 Å².